The van der Waals surface area contributed by atoms with E-state index in [1.807, 2.05) is 19.9 Å². The molecule has 0 saturated heterocycles. The average molecular weight is 422 g/mol. The third kappa shape index (κ3) is 5.40. The standard InChI is InChI=1S/C19H23N3O4S2/c1-12-11-17(13(2)27-12)18(23)9-10-19(24)21-20-14-5-7-16(8-6-14)28(25,26)22-15-3-4-15/h5-8,11,15,20,22H,3-4,9-10H2,1-2H3,(H,21,24). The van der Waals surface area contributed by atoms with E-state index in [4.69, 9.17) is 0 Å². The lowest BCUT2D eigenvalue weighted by atomic mass is 10.1. The predicted molar refractivity (Wildman–Crippen MR) is 109 cm³/mol. The maximum atomic E-state index is 12.2. The van der Waals surface area contributed by atoms with E-state index in [0.29, 0.717) is 11.3 Å². The van der Waals surface area contributed by atoms with Gasteiger partial charge in [0.05, 0.1) is 10.6 Å². The Morgan fingerprint density at radius 2 is 1.79 bits per heavy atom. The number of benzene rings is 1. The summed E-state index contributed by atoms with van der Waals surface area (Å²) in [6, 6.07) is 8.00. The summed E-state index contributed by atoms with van der Waals surface area (Å²) in [5.41, 5.74) is 6.48. The first-order valence-electron chi connectivity index (χ1n) is 9.02. The van der Waals surface area contributed by atoms with Crippen LogP contribution in [0.1, 0.15) is 45.8 Å². The molecule has 3 rings (SSSR count). The second kappa shape index (κ2) is 8.42. The molecule has 28 heavy (non-hydrogen) atoms. The van der Waals surface area contributed by atoms with Crippen molar-refractivity contribution in [2.75, 3.05) is 5.43 Å². The molecule has 1 aromatic carbocycles. The van der Waals surface area contributed by atoms with E-state index >= 15 is 0 Å². The molecule has 0 bridgehead atoms. The van der Waals surface area contributed by atoms with Crippen molar-refractivity contribution >= 4 is 38.7 Å². The van der Waals surface area contributed by atoms with Crippen LogP contribution in [0.15, 0.2) is 35.2 Å². The van der Waals surface area contributed by atoms with Gasteiger partial charge >= 0.3 is 0 Å². The topological polar surface area (TPSA) is 104 Å². The Morgan fingerprint density at radius 3 is 2.36 bits per heavy atom. The number of hydrogen-bond acceptors (Lipinski definition) is 6. The van der Waals surface area contributed by atoms with Gasteiger partial charge in [-0.15, -0.1) is 11.3 Å². The van der Waals surface area contributed by atoms with Gasteiger partial charge in [0, 0.05) is 34.2 Å². The van der Waals surface area contributed by atoms with Gasteiger partial charge in [-0.3, -0.25) is 20.4 Å². The zero-order valence-corrected chi connectivity index (χ0v) is 17.4. The highest BCUT2D eigenvalue weighted by Gasteiger charge is 2.27. The van der Waals surface area contributed by atoms with E-state index in [1.165, 1.54) is 12.1 Å². The number of nitrogens with one attached hydrogen (secondary N) is 3. The Kier molecular flexibility index (Phi) is 6.17. The molecule has 1 aliphatic carbocycles. The van der Waals surface area contributed by atoms with Gasteiger partial charge in [0.15, 0.2) is 5.78 Å². The number of rotatable bonds is 9. The van der Waals surface area contributed by atoms with Crippen molar-refractivity contribution in [2.45, 2.75) is 50.5 Å². The van der Waals surface area contributed by atoms with Crippen molar-refractivity contribution in [1.82, 2.24) is 10.1 Å². The molecule has 0 aliphatic heterocycles. The van der Waals surface area contributed by atoms with Gasteiger partial charge in [0.25, 0.3) is 0 Å². The minimum Gasteiger partial charge on any atom is -0.299 e. The minimum atomic E-state index is -3.49. The molecule has 7 nitrogen and oxygen atoms in total. The SMILES string of the molecule is Cc1cc(C(=O)CCC(=O)NNc2ccc(S(=O)(=O)NC3CC3)cc2)c(C)s1. The number of carbonyl (C=O) groups excluding carboxylic acids is 2. The molecule has 0 spiro atoms. The first-order valence-corrected chi connectivity index (χ1v) is 11.3. The van der Waals surface area contributed by atoms with E-state index < -0.39 is 10.0 Å². The summed E-state index contributed by atoms with van der Waals surface area (Å²) in [6.07, 6.45) is 1.95. The highest BCUT2D eigenvalue weighted by atomic mass is 32.2. The fourth-order valence-electron chi connectivity index (χ4n) is 2.68. The van der Waals surface area contributed by atoms with Crippen LogP contribution in [-0.4, -0.2) is 26.2 Å². The molecule has 150 valence electrons. The van der Waals surface area contributed by atoms with Crippen molar-refractivity contribution in [3.8, 4) is 0 Å². The molecule has 9 heteroatoms. The molecule has 0 atom stereocenters. The highest BCUT2D eigenvalue weighted by molar-refractivity contribution is 7.89. The zero-order valence-electron chi connectivity index (χ0n) is 15.7. The van der Waals surface area contributed by atoms with Crippen LogP contribution in [0.4, 0.5) is 5.69 Å². The number of hydrazine groups is 1. The number of carbonyl (C=O) groups is 2. The van der Waals surface area contributed by atoms with E-state index in [0.717, 1.165) is 22.6 Å². The van der Waals surface area contributed by atoms with Crippen LogP contribution in [0.2, 0.25) is 0 Å². The second-order valence-electron chi connectivity index (χ2n) is 6.84. The van der Waals surface area contributed by atoms with Crippen LogP contribution in [0.5, 0.6) is 0 Å². The number of thiophene rings is 1. The average Bonchev–Trinajstić information content (AvgIpc) is 3.39. The summed E-state index contributed by atoms with van der Waals surface area (Å²) in [4.78, 5) is 26.4. The van der Waals surface area contributed by atoms with Crippen LogP contribution in [-0.2, 0) is 14.8 Å². The van der Waals surface area contributed by atoms with Gasteiger partial charge in [0.2, 0.25) is 15.9 Å². The van der Waals surface area contributed by atoms with E-state index in [2.05, 4.69) is 15.6 Å². The Labute approximate surface area is 168 Å². The Bertz CT molecular complexity index is 977. The molecule has 1 aromatic heterocycles. The summed E-state index contributed by atoms with van der Waals surface area (Å²) in [5.74, 6) is -0.361. The normalized spacial score (nSPS) is 13.9. The van der Waals surface area contributed by atoms with E-state index in [9.17, 15) is 18.0 Å². The smallest absolute Gasteiger partial charge is 0.240 e. The van der Waals surface area contributed by atoms with Gasteiger partial charge < -0.3 is 0 Å². The van der Waals surface area contributed by atoms with Crippen molar-refractivity contribution in [2.24, 2.45) is 0 Å². The van der Waals surface area contributed by atoms with Crippen molar-refractivity contribution in [3.63, 3.8) is 0 Å². The molecule has 3 N–H and O–H groups in total. The largest absolute Gasteiger partial charge is 0.299 e. The lowest BCUT2D eigenvalue weighted by Crippen LogP contribution is -2.29. The summed E-state index contributed by atoms with van der Waals surface area (Å²) in [7, 11) is -3.49. The minimum absolute atomic E-state index is 0.0466. The maximum absolute atomic E-state index is 12.2. The summed E-state index contributed by atoms with van der Waals surface area (Å²) in [6.45, 7) is 3.85. The van der Waals surface area contributed by atoms with Gasteiger partial charge in [0.1, 0.15) is 0 Å². The van der Waals surface area contributed by atoms with Gasteiger partial charge in [-0.05, 0) is 57.0 Å². The molecule has 0 unspecified atom stereocenters. The molecule has 1 amide bonds. The summed E-state index contributed by atoms with van der Waals surface area (Å²) in [5, 5.41) is 0. The van der Waals surface area contributed by atoms with Crippen molar-refractivity contribution in [1.29, 1.82) is 0 Å². The molecule has 2 aromatic rings. The molecule has 1 fully saturated rings. The number of amides is 1. The van der Waals surface area contributed by atoms with Crippen LogP contribution >= 0.6 is 11.3 Å². The fourth-order valence-corrected chi connectivity index (χ4v) is 4.93. The quantitative estimate of drug-likeness (QED) is 0.427. The first kappa shape index (κ1) is 20.5. The molecular weight excluding hydrogens is 398 g/mol. The third-order valence-corrected chi connectivity index (χ3v) is 6.83. The number of hydrogen-bond donors (Lipinski definition) is 3. The van der Waals surface area contributed by atoms with Crippen LogP contribution in [0.3, 0.4) is 0 Å². The van der Waals surface area contributed by atoms with Gasteiger partial charge in [-0.25, -0.2) is 13.1 Å². The molecule has 0 radical (unpaired) electrons. The lowest BCUT2D eigenvalue weighted by Gasteiger charge is -2.10. The van der Waals surface area contributed by atoms with Crippen LogP contribution in [0.25, 0.3) is 0 Å². The monoisotopic (exact) mass is 421 g/mol. The summed E-state index contributed by atoms with van der Waals surface area (Å²) >= 11 is 1.57. The highest BCUT2D eigenvalue weighted by Crippen LogP contribution is 2.23. The molecular formula is C19H23N3O4S2. The lowest BCUT2D eigenvalue weighted by molar-refractivity contribution is -0.120. The van der Waals surface area contributed by atoms with Crippen molar-refractivity contribution in [3.05, 3.63) is 45.6 Å². The zero-order chi connectivity index (χ0) is 20.3. The van der Waals surface area contributed by atoms with Crippen LogP contribution in [0, 0.1) is 13.8 Å². The predicted octanol–water partition coefficient (Wildman–Crippen LogP) is 2.91. The first-order chi connectivity index (χ1) is 13.2. The van der Waals surface area contributed by atoms with Gasteiger partial charge in [-0.1, -0.05) is 0 Å². The van der Waals surface area contributed by atoms with Crippen molar-refractivity contribution < 1.29 is 18.0 Å². The maximum Gasteiger partial charge on any atom is 0.240 e. The Hall–Kier alpha value is -2.23. The fraction of sp³-hybridized carbons (Fsp3) is 0.368. The summed E-state index contributed by atoms with van der Waals surface area (Å²) < 4.78 is 26.9. The number of ketones is 1. The number of aryl methyl sites for hydroxylation is 2. The molecule has 1 saturated carbocycles. The van der Waals surface area contributed by atoms with E-state index in [-0.39, 0.29) is 35.5 Å². The molecule has 1 heterocycles. The molecule has 1 aliphatic rings. The second-order valence-corrected chi connectivity index (χ2v) is 10.0. The third-order valence-electron chi connectivity index (χ3n) is 4.33. The number of sulfonamides is 1. The Balaban J connectivity index is 1.46. The van der Waals surface area contributed by atoms with Gasteiger partial charge in [-0.2, -0.15) is 0 Å². The van der Waals surface area contributed by atoms with Crippen LogP contribution < -0.4 is 15.6 Å². The van der Waals surface area contributed by atoms with E-state index in [1.54, 1.807) is 23.5 Å². The number of Topliss-reactive ketones (excluding diaryl/α,β-unsaturated/α-hetero) is 1. The Morgan fingerprint density at radius 1 is 1.11 bits per heavy atom. The number of anilines is 1.